The van der Waals surface area contributed by atoms with Crippen LogP contribution < -0.4 is 16.0 Å². The van der Waals surface area contributed by atoms with Gasteiger partial charge in [0.2, 0.25) is 6.41 Å². The molecule has 0 fully saturated rings. The molecule has 0 saturated carbocycles. The van der Waals surface area contributed by atoms with Gasteiger partial charge in [-0.15, -0.1) is 0 Å². The third kappa shape index (κ3) is 9.29. The van der Waals surface area contributed by atoms with Gasteiger partial charge >= 0.3 is 0 Å². The molecule has 0 atom stereocenters. The van der Waals surface area contributed by atoms with Crippen LogP contribution in [-0.2, 0) is 42.9 Å². The Kier molecular flexibility index (Phi) is 15.2. The summed E-state index contributed by atoms with van der Waals surface area (Å²) in [6.07, 6.45) is 0.368. The van der Waals surface area contributed by atoms with Crippen LogP contribution in [0.2, 0.25) is 0 Å². The molecule has 196 valence electrons. The summed E-state index contributed by atoms with van der Waals surface area (Å²) in [4.78, 5) is 79.8. The number of hydrogen-bond donors (Lipinski definition) is 3. The fourth-order valence-corrected chi connectivity index (χ4v) is 7.11. The Morgan fingerprint density at radius 1 is 0.639 bits per heavy atom. The Balaban J connectivity index is 3.47. The molecule has 0 aliphatic carbocycles. The lowest BCUT2D eigenvalue weighted by Gasteiger charge is -2.22. The zero-order valence-electron chi connectivity index (χ0n) is 18.0. The second-order valence-electron chi connectivity index (χ2n) is 6.39. The van der Waals surface area contributed by atoms with Crippen molar-refractivity contribution in [3.8, 4) is 0 Å². The smallest absolute Gasteiger partial charge is 0.293 e. The van der Waals surface area contributed by atoms with Gasteiger partial charge in [-0.3, -0.25) is 33.6 Å². The van der Waals surface area contributed by atoms with Crippen molar-refractivity contribution in [3.05, 3.63) is 21.8 Å². The van der Waals surface area contributed by atoms with Crippen LogP contribution in [0.1, 0.15) is 20.7 Å². The van der Waals surface area contributed by atoms with Gasteiger partial charge in [0.05, 0.1) is 36.0 Å². The number of rotatable bonds is 18. The minimum Gasteiger partial charge on any atom is -0.466 e. The van der Waals surface area contributed by atoms with E-state index in [0.29, 0.717) is 13.6 Å². The molecule has 17 heteroatoms. The van der Waals surface area contributed by atoms with Gasteiger partial charge in [0.15, 0.2) is 0 Å². The third-order valence-electron chi connectivity index (χ3n) is 4.11. The molecule has 0 aromatic heterocycles. The molecule has 0 heterocycles. The second kappa shape index (κ2) is 17.2. The first-order valence-electron chi connectivity index (χ1n) is 9.50. The van der Waals surface area contributed by atoms with Crippen LogP contribution in [0.15, 0.2) is 0 Å². The maximum atomic E-state index is 13.2. The first-order chi connectivity index (χ1) is 17.3. The summed E-state index contributed by atoms with van der Waals surface area (Å²) in [7, 11) is 0. The van der Waals surface area contributed by atoms with E-state index in [-0.39, 0.29) is 72.7 Å². The first kappa shape index (κ1) is 31.7. The molecule has 0 spiro atoms. The molecule has 3 N–H and O–H groups in total. The predicted molar refractivity (Wildman–Crippen MR) is 145 cm³/mol. The van der Waals surface area contributed by atoms with E-state index in [4.69, 9.17) is 0 Å². The number of nitrogens with one attached hydrogen (secondary N) is 3. The average Bonchev–Trinajstić information content (AvgIpc) is 2.84. The quantitative estimate of drug-likeness (QED) is 0.102. The Morgan fingerprint density at radius 2 is 0.972 bits per heavy atom. The van der Waals surface area contributed by atoms with Gasteiger partial charge in [-0.25, -0.2) is 0 Å². The van der Waals surface area contributed by atoms with Crippen molar-refractivity contribution in [3.63, 3.8) is 0 Å². The molecule has 14 nitrogen and oxygen atoms in total. The topological polar surface area (TPSA) is 192 Å². The summed E-state index contributed by atoms with van der Waals surface area (Å²) >= 11 is 5.42. The van der Waals surface area contributed by atoms with Crippen LogP contribution in [0, 0.1) is 10.7 Å². The van der Waals surface area contributed by atoms with Gasteiger partial charge in [-0.1, -0.05) is 0 Å². The summed E-state index contributed by atoms with van der Waals surface area (Å²) in [5.74, 6) is -1.44. The second-order valence-corrected chi connectivity index (χ2v) is 9.62. The highest BCUT2D eigenvalue weighted by atomic mass is 127. The monoisotopic (exact) mass is 845 g/mol. The van der Waals surface area contributed by atoms with Crippen molar-refractivity contribution in [1.82, 2.24) is 10.6 Å². The van der Waals surface area contributed by atoms with Crippen LogP contribution in [0.3, 0.4) is 0 Å². The fourth-order valence-electron chi connectivity index (χ4n) is 2.65. The number of ether oxygens (including phenoxy) is 4. The summed E-state index contributed by atoms with van der Waals surface area (Å²) in [6, 6.07) is -1.83. The highest BCUT2D eigenvalue weighted by molar-refractivity contribution is 14.1. The molecule has 1 rings (SSSR count). The van der Waals surface area contributed by atoms with E-state index in [9.17, 15) is 33.6 Å². The summed E-state index contributed by atoms with van der Waals surface area (Å²) in [6.45, 7) is -0.577. The van der Waals surface area contributed by atoms with Gasteiger partial charge < -0.3 is 34.9 Å². The third-order valence-corrected chi connectivity index (χ3v) is 7.34. The van der Waals surface area contributed by atoms with E-state index in [2.05, 4.69) is 34.9 Å². The average molecular weight is 845 g/mol. The van der Waals surface area contributed by atoms with Gasteiger partial charge in [0.25, 0.3) is 37.7 Å². The van der Waals surface area contributed by atoms with Crippen LogP contribution >= 0.6 is 67.8 Å². The van der Waals surface area contributed by atoms with Crippen molar-refractivity contribution in [2.75, 3.05) is 31.7 Å². The predicted octanol–water partition coefficient (Wildman–Crippen LogP) is -0.0425. The highest BCUT2D eigenvalue weighted by Crippen LogP contribution is 2.35. The lowest BCUT2D eigenvalue weighted by Crippen LogP contribution is -2.43. The minimum absolute atomic E-state index is 0.00171. The lowest BCUT2D eigenvalue weighted by atomic mass is 10.1. The maximum absolute atomic E-state index is 13.2. The van der Waals surface area contributed by atoms with E-state index < -0.39 is 23.9 Å². The van der Waals surface area contributed by atoms with Crippen LogP contribution in [0.4, 0.5) is 5.69 Å². The molecule has 1 aromatic carbocycles. The molecule has 3 amide bonds. The number of carbonyl (C=O) groups excluding carboxylic acids is 7. The Hall–Kier alpha value is -2.30. The standard InChI is InChI=1S/C19H18I3N3O11/c20-14-12(18(31)24-10(1-33-6-27)2-34-7-28)15(21)17(23-5-26)16(22)13(14)19(32)25-11(3-35-8-29)4-36-9-30/h5-11H,1-4H2,(H,23,26)(H,24,31)(H,25,32). The normalized spacial score (nSPS) is 10.1. The van der Waals surface area contributed by atoms with Crippen molar-refractivity contribution in [1.29, 1.82) is 0 Å². The van der Waals surface area contributed by atoms with E-state index >= 15 is 0 Å². The molecule has 0 aliphatic heterocycles. The van der Waals surface area contributed by atoms with Crippen molar-refractivity contribution < 1.29 is 52.5 Å². The Morgan fingerprint density at radius 3 is 1.25 bits per heavy atom. The molecular formula is C19H18I3N3O11. The Bertz CT molecular complexity index is 900. The van der Waals surface area contributed by atoms with Gasteiger partial charge in [-0.2, -0.15) is 0 Å². The van der Waals surface area contributed by atoms with Crippen molar-refractivity contribution >= 4 is 118 Å². The minimum atomic E-state index is -0.913. The molecule has 0 aliphatic rings. The molecule has 36 heavy (non-hydrogen) atoms. The first-order valence-corrected chi connectivity index (χ1v) is 12.7. The number of hydrogen-bond acceptors (Lipinski definition) is 11. The van der Waals surface area contributed by atoms with E-state index in [1.807, 2.05) is 45.2 Å². The van der Waals surface area contributed by atoms with Crippen molar-refractivity contribution in [2.45, 2.75) is 12.1 Å². The molecule has 0 unspecified atom stereocenters. The molecule has 1 aromatic rings. The molecule has 0 bridgehead atoms. The van der Waals surface area contributed by atoms with Crippen LogP contribution in [0.5, 0.6) is 0 Å². The summed E-state index contributed by atoms with van der Waals surface area (Å²) in [5.41, 5.74) is 0.160. The Labute approximate surface area is 244 Å². The fraction of sp³-hybridized carbons (Fsp3) is 0.316. The molecular weight excluding hydrogens is 827 g/mol. The van der Waals surface area contributed by atoms with Gasteiger partial charge in [0, 0.05) is 3.57 Å². The van der Waals surface area contributed by atoms with Gasteiger partial charge in [0.1, 0.15) is 26.4 Å². The number of halogens is 3. The van der Waals surface area contributed by atoms with E-state index in [0.717, 1.165) is 0 Å². The highest BCUT2D eigenvalue weighted by Gasteiger charge is 2.30. The maximum Gasteiger partial charge on any atom is 0.293 e. The number of benzene rings is 1. The van der Waals surface area contributed by atoms with E-state index in [1.165, 1.54) is 0 Å². The lowest BCUT2D eigenvalue weighted by molar-refractivity contribution is -0.133. The van der Waals surface area contributed by atoms with Crippen LogP contribution in [0.25, 0.3) is 0 Å². The van der Waals surface area contributed by atoms with E-state index in [1.54, 1.807) is 22.6 Å². The number of amides is 3. The molecule has 0 saturated heterocycles. The molecule has 0 radical (unpaired) electrons. The zero-order valence-corrected chi connectivity index (χ0v) is 24.5. The number of carbonyl (C=O) groups is 7. The summed E-state index contributed by atoms with van der Waals surface area (Å²) < 4.78 is 19.4. The van der Waals surface area contributed by atoms with Crippen LogP contribution in [-0.4, -0.2) is 82.6 Å². The largest absolute Gasteiger partial charge is 0.466 e. The number of anilines is 1. The zero-order chi connectivity index (χ0) is 27.1. The summed E-state index contributed by atoms with van der Waals surface area (Å²) in [5, 5.41) is 7.57. The SMILES string of the molecule is O=CNc1c(I)c(C(=O)NC(COC=O)COC=O)c(I)c(C(=O)NC(COC=O)COC=O)c1I. The van der Waals surface area contributed by atoms with Crippen molar-refractivity contribution in [2.24, 2.45) is 0 Å². The van der Waals surface area contributed by atoms with Gasteiger partial charge in [-0.05, 0) is 67.8 Å².